The molecule has 8 heteroatoms. The van der Waals surface area contributed by atoms with Gasteiger partial charge in [0.05, 0.1) is 6.54 Å². The fourth-order valence-electron chi connectivity index (χ4n) is 3.43. The monoisotopic (exact) mass is 452 g/mol. The number of amides is 2. The van der Waals surface area contributed by atoms with Gasteiger partial charge in [-0.15, -0.1) is 24.8 Å². The van der Waals surface area contributed by atoms with E-state index in [0.717, 1.165) is 37.1 Å². The minimum absolute atomic E-state index is 0. The summed E-state index contributed by atoms with van der Waals surface area (Å²) in [6, 6.07) is 10.8. The third-order valence-corrected chi connectivity index (χ3v) is 5.09. The van der Waals surface area contributed by atoms with E-state index in [1.54, 1.807) is 18.2 Å². The molecule has 0 radical (unpaired) electrons. The van der Waals surface area contributed by atoms with Crippen LogP contribution in [0, 0.1) is 13.8 Å². The quantitative estimate of drug-likeness (QED) is 0.586. The number of piperidine rings is 1. The van der Waals surface area contributed by atoms with Gasteiger partial charge in [0.2, 0.25) is 5.91 Å². The predicted octanol–water partition coefficient (Wildman–Crippen LogP) is 4.41. The Balaban J connectivity index is 0.00000225. The molecule has 6 nitrogen and oxygen atoms in total. The van der Waals surface area contributed by atoms with Crippen molar-refractivity contribution in [2.45, 2.75) is 33.1 Å². The Morgan fingerprint density at radius 2 is 1.60 bits per heavy atom. The Kier molecular flexibility index (Phi) is 10.1. The van der Waals surface area contributed by atoms with Gasteiger partial charge >= 0.3 is 0 Å². The van der Waals surface area contributed by atoms with Crippen molar-refractivity contribution in [3.05, 3.63) is 53.1 Å². The maximum Gasteiger partial charge on any atom is 0.256 e. The Hall–Kier alpha value is -2.28. The van der Waals surface area contributed by atoms with Gasteiger partial charge in [-0.1, -0.05) is 18.6 Å². The number of halogens is 2. The highest BCUT2D eigenvalue weighted by atomic mass is 35.5. The summed E-state index contributed by atoms with van der Waals surface area (Å²) in [5.41, 5.74) is 10.0. The first-order valence-corrected chi connectivity index (χ1v) is 9.73. The van der Waals surface area contributed by atoms with Crippen LogP contribution in [0.3, 0.4) is 0 Å². The molecule has 0 spiro atoms. The van der Waals surface area contributed by atoms with Crippen LogP contribution >= 0.6 is 24.8 Å². The van der Waals surface area contributed by atoms with Gasteiger partial charge in [0.1, 0.15) is 0 Å². The number of carbonyl (C=O) groups excluding carboxylic acids is 2. The van der Waals surface area contributed by atoms with Gasteiger partial charge in [0, 0.05) is 22.6 Å². The van der Waals surface area contributed by atoms with Crippen molar-refractivity contribution in [2.24, 2.45) is 0 Å². The summed E-state index contributed by atoms with van der Waals surface area (Å²) in [4.78, 5) is 27.2. The lowest BCUT2D eigenvalue weighted by Gasteiger charge is -2.25. The van der Waals surface area contributed by atoms with Crippen molar-refractivity contribution >= 4 is 53.7 Å². The highest BCUT2D eigenvalue weighted by Gasteiger charge is 2.15. The lowest BCUT2D eigenvalue weighted by atomic mass is 10.1. The SMILES string of the molecule is Cc1ccc(NC(=O)c2cc(N)ccc2C)cc1NC(=O)CN1CCCCC1.Cl.Cl. The molecule has 164 valence electrons. The number of hydrogen-bond acceptors (Lipinski definition) is 4. The molecule has 1 heterocycles. The van der Waals surface area contributed by atoms with Crippen molar-refractivity contribution in [3.8, 4) is 0 Å². The molecule has 0 atom stereocenters. The molecule has 3 rings (SSSR count). The predicted molar refractivity (Wildman–Crippen MR) is 128 cm³/mol. The van der Waals surface area contributed by atoms with Crippen LogP contribution in [-0.2, 0) is 4.79 Å². The van der Waals surface area contributed by atoms with Crippen molar-refractivity contribution < 1.29 is 9.59 Å². The summed E-state index contributed by atoms with van der Waals surface area (Å²) >= 11 is 0. The smallest absolute Gasteiger partial charge is 0.256 e. The van der Waals surface area contributed by atoms with Crippen LogP contribution in [0.2, 0.25) is 0 Å². The zero-order chi connectivity index (χ0) is 20.1. The fraction of sp³-hybridized carbons (Fsp3) is 0.364. The van der Waals surface area contributed by atoms with Gasteiger partial charge in [0.25, 0.3) is 5.91 Å². The van der Waals surface area contributed by atoms with Crippen LogP contribution < -0.4 is 16.4 Å². The van der Waals surface area contributed by atoms with E-state index in [-0.39, 0.29) is 36.6 Å². The number of carbonyl (C=O) groups is 2. The first kappa shape index (κ1) is 25.8. The number of nitrogens with zero attached hydrogens (tertiary/aromatic N) is 1. The number of nitrogens with two attached hydrogens (primary N) is 1. The van der Waals surface area contributed by atoms with E-state index in [9.17, 15) is 9.59 Å². The molecule has 0 bridgehead atoms. The Bertz CT molecular complexity index is 883. The van der Waals surface area contributed by atoms with E-state index in [4.69, 9.17) is 5.73 Å². The molecule has 30 heavy (non-hydrogen) atoms. The van der Waals surface area contributed by atoms with Crippen LogP contribution in [0.15, 0.2) is 36.4 Å². The number of aryl methyl sites for hydroxylation is 2. The second-order valence-electron chi connectivity index (χ2n) is 7.44. The van der Waals surface area contributed by atoms with Gasteiger partial charge in [0.15, 0.2) is 0 Å². The van der Waals surface area contributed by atoms with Crippen LogP contribution in [0.4, 0.5) is 17.1 Å². The average Bonchev–Trinajstić information content (AvgIpc) is 2.67. The molecule has 0 aliphatic carbocycles. The van der Waals surface area contributed by atoms with Crippen molar-refractivity contribution in [1.82, 2.24) is 4.90 Å². The molecule has 0 aromatic heterocycles. The number of anilines is 3. The van der Waals surface area contributed by atoms with E-state index in [2.05, 4.69) is 15.5 Å². The lowest BCUT2D eigenvalue weighted by molar-refractivity contribution is -0.117. The molecule has 4 N–H and O–H groups in total. The second-order valence-corrected chi connectivity index (χ2v) is 7.44. The molecule has 0 saturated carbocycles. The van der Waals surface area contributed by atoms with E-state index in [1.807, 2.05) is 32.0 Å². The first-order chi connectivity index (χ1) is 13.4. The number of nitrogens with one attached hydrogen (secondary N) is 2. The Morgan fingerprint density at radius 3 is 2.30 bits per heavy atom. The van der Waals surface area contributed by atoms with Crippen LogP contribution in [0.25, 0.3) is 0 Å². The van der Waals surface area contributed by atoms with Crippen molar-refractivity contribution in [1.29, 1.82) is 0 Å². The molecule has 1 aliphatic heterocycles. The van der Waals surface area contributed by atoms with Crippen LogP contribution in [-0.4, -0.2) is 36.3 Å². The van der Waals surface area contributed by atoms with E-state index < -0.39 is 0 Å². The van der Waals surface area contributed by atoms with Gasteiger partial charge in [-0.3, -0.25) is 14.5 Å². The molecule has 2 amide bonds. The molecule has 2 aromatic rings. The largest absolute Gasteiger partial charge is 0.399 e. The summed E-state index contributed by atoms with van der Waals surface area (Å²) < 4.78 is 0. The number of benzene rings is 2. The highest BCUT2D eigenvalue weighted by molar-refractivity contribution is 6.06. The molecular weight excluding hydrogens is 423 g/mol. The molecule has 1 fully saturated rings. The second kappa shape index (κ2) is 11.8. The zero-order valence-corrected chi connectivity index (χ0v) is 19.0. The van der Waals surface area contributed by atoms with E-state index in [1.165, 1.54) is 6.42 Å². The van der Waals surface area contributed by atoms with Crippen LogP contribution in [0.1, 0.15) is 40.7 Å². The number of likely N-dealkylation sites (tertiary alicyclic amines) is 1. The summed E-state index contributed by atoms with van der Waals surface area (Å²) in [5.74, 6) is -0.251. The summed E-state index contributed by atoms with van der Waals surface area (Å²) in [7, 11) is 0. The Morgan fingerprint density at radius 1 is 0.933 bits per heavy atom. The third kappa shape index (κ3) is 6.90. The van der Waals surface area contributed by atoms with E-state index >= 15 is 0 Å². The minimum atomic E-state index is -0.223. The van der Waals surface area contributed by atoms with Gasteiger partial charge < -0.3 is 16.4 Å². The Labute approximate surface area is 190 Å². The standard InChI is InChI=1S/C22H28N4O2.2ClH/c1-15-6-8-17(23)12-19(15)22(28)24-18-9-7-16(2)20(13-18)25-21(27)14-26-10-4-3-5-11-26;;/h6-9,12-13H,3-5,10-11,14,23H2,1-2H3,(H,24,28)(H,25,27);2*1H. The molecule has 1 aliphatic rings. The maximum atomic E-state index is 12.6. The van der Waals surface area contributed by atoms with E-state index in [0.29, 0.717) is 29.2 Å². The molecule has 2 aromatic carbocycles. The van der Waals surface area contributed by atoms with Gasteiger partial charge in [-0.05, 0) is 75.2 Å². The highest BCUT2D eigenvalue weighted by Crippen LogP contribution is 2.22. The lowest BCUT2D eigenvalue weighted by Crippen LogP contribution is -2.36. The van der Waals surface area contributed by atoms with Crippen molar-refractivity contribution in [3.63, 3.8) is 0 Å². The molecule has 0 unspecified atom stereocenters. The first-order valence-electron chi connectivity index (χ1n) is 9.73. The maximum absolute atomic E-state index is 12.6. The summed E-state index contributed by atoms with van der Waals surface area (Å²) in [5, 5.41) is 5.87. The molecule has 1 saturated heterocycles. The topological polar surface area (TPSA) is 87.5 Å². The van der Waals surface area contributed by atoms with Gasteiger partial charge in [-0.25, -0.2) is 0 Å². The molecular formula is C22H30Cl2N4O2. The number of hydrogen-bond donors (Lipinski definition) is 3. The summed E-state index contributed by atoms with van der Waals surface area (Å²) in [6.45, 7) is 6.16. The van der Waals surface area contributed by atoms with Gasteiger partial charge in [-0.2, -0.15) is 0 Å². The number of nitrogen functional groups attached to an aromatic ring is 1. The summed E-state index contributed by atoms with van der Waals surface area (Å²) in [6.07, 6.45) is 3.54. The fourth-order valence-corrected chi connectivity index (χ4v) is 3.43. The normalized spacial score (nSPS) is 13.5. The average molecular weight is 453 g/mol. The number of rotatable bonds is 5. The van der Waals surface area contributed by atoms with Crippen molar-refractivity contribution in [2.75, 3.05) is 36.0 Å². The third-order valence-electron chi connectivity index (χ3n) is 5.09. The minimum Gasteiger partial charge on any atom is -0.399 e. The van der Waals surface area contributed by atoms with Crippen LogP contribution in [0.5, 0.6) is 0 Å². The zero-order valence-electron chi connectivity index (χ0n) is 17.4.